The van der Waals surface area contributed by atoms with Gasteiger partial charge in [-0.15, -0.1) is 5.10 Å². The van der Waals surface area contributed by atoms with E-state index in [4.69, 9.17) is 9.72 Å². The Morgan fingerprint density at radius 3 is 3.00 bits per heavy atom. The van der Waals surface area contributed by atoms with Gasteiger partial charge in [0.2, 0.25) is 0 Å². The van der Waals surface area contributed by atoms with Gasteiger partial charge in [-0.05, 0) is 44.2 Å². The van der Waals surface area contributed by atoms with E-state index >= 15 is 0 Å². The Morgan fingerprint density at radius 2 is 2.15 bits per heavy atom. The van der Waals surface area contributed by atoms with E-state index in [2.05, 4.69) is 30.7 Å². The van der Waals surface area contributed by atoms with Crippen molar-refractivity contribution in [1.82, 2.24) is 35.5 Å². The number of nitrogens with one attached hydrogen (secondary N) is 2. The third-order valence-electron chi connectivity index (χ3n) is 7.05. The van der Waals surface area contributed by atoms with Gasteiger partial charge in [-0.1, -0.05) is 23.0 Å². The Morgan fingerprint density at radius 1 is 1.21 bits per heavy atom. The summed E-state index contributed by atoms with van der Waals surface area (Å²) in [4.78, 5) is 8.36. The van der Waals surface area contributed by atoms with Gasteiger partial charge in [0.25, 0.3) is 0 Å². The molecule has 1 saturated heterocycles. The van der Waals surface area contributed by atoms with Crippen molar-refractivity contribution in [2.45, 2.75) is 44.7 Å². The van der Waals surface area contributed by atoms with Crippen LogP contribution in [0, 0.1) is 5.92 Å². The van der Waals surface area contributed by atoms with Crippen LogP contribution in [-0.4, -0.2) is 63.0 Å². The molecule has 2 N–H and O–H groups in total. The molecule has 0 radical (unpaired) electrons. The SMILES string of the molecule is COc1cc(-c2cn(Cc3cnc(N4CCCC(NCC5CCC5)C4)s3)nn2)c2cn[nH]c2c1. The lowest BCUT2D eigenvalue weighted by molar-refractivity contribution is 0.280. The summed E-state index contributed by atoms with van der Waals surface area (Å²) in [5.41, 5.74) is 2.66. The maximum absolute atomic E-state index is 5.44. The molecule has 0 bridgehead atoms. The molecule has 10 heteroatoms. The second-order valence-corrected chi connectivity index (χ2v) is 10.5. The Kier molecular flexibility index (Phi) is 5.92. The largest absolute Gasteiger partial charge is 0.497 e. The number of ether oxygens (including phenoxy) is 1. The van der Waals surface area contributed by atoms with Crippen molar-refractivity contribution in [3.05, 3.63) is 35.6 Å². The van der Waals surface area contributed by atoms with Gasteiger partial charge in [-0.3, -0.25) is 5.10 Å². The molecule has 0 amide bonds. The molecule has 6 rings (SSSR count). The topological polar surface area (TPSA) is 96.8 Å². The van der Waals surface area contributed by atoms with Gasteiger partial charge in [0.1, 0.15) is 11.4 Å². The lowest BCUT2D eigenvalue weighted by atomic mass is 9.85. The van der Waals surface area contributed by atoms with Gasteiger partial charge in [0.05, 0.1) is 31.6 Å². The number of H-pyrrole nitrogens is 1. The number of benzene rings is 1. The quantitative estimate of drug-likeness (QED) is 0.399. The fourth-order valence-corrected chi connectivity index (χ4v) is 5.81. The van der Waals surface area contributed by atoms with Crippen LogP contribution in [0.4, 0.5) is 5.13 Å². The highest BCUT2D eigenvalue weighted by molar-refractivity contribution is 7.15. The molecule has 34 heavy (non-hydrogen) atoms. The van der Waals surface area contributed by atoms with Crippen LogP contribution in [-0.2, 0) is 6.54 Å². The highest BCUT2D eigenvalue weighted by atomic mass is 32.1. The zero-order chi connectivity index (χ0) is 22.9. The van der Waals surface area contributed by atoms with Crippen molar-refractivity contribution in [3.8, 4) is 17.0 Å². The highest BCUT2D eigenvalue weighted by Crippen LogP contribution is 2.31. The number of nitrogens with zero attached hydrogens (tertiary/aromatic N) is 6. The smallest absolute Gasteiger partial charge is 0.185 e. The molecule has 4 heterocycles. The first-order valence-corrected chi connectivity index (χ1v) is 12.9. The van der Waals surface area contributed by atoms with Gasteiger partial charge in [-0.25, -0.2) is 9.67 Å². The van der Waals surface area contributed by atoms with Gasteiger partial charge in [0.15, 0.2) is 5.13 Å². The summed E-state index contributed by atoms with van der Waals surface area (Å²) >= 11 is 1.75. The minimum atomic E-state index is 0.571. The highest BCUT2D eigenvalue weighted by Gasteiger charge is 2.24. The molecule has 9 nitrogen and oxygen atoms in total. The van der Waals surface area contributed by atoms with E-state index in [1.165, 1.54) is 43.5 Å². The van der Waals surface area contributed by atoms with Crippen LogP contribution >= 0.6 is 11.3 Å². The number of piperidine rings is 1. The average Bonchev–Trinajstić information content (AvgIpc) is 3.59. The Hall–Kier alpha value is -2.98. The van der Waals surface area contributed by atoms with Crippen LogP contribution < -0.4 is 15.0 Å². The first-order chi connectivity index (χ1) is 16.7. The molecule has 178 valence electrons. The first kappa shape index (κ1) is 21.5. The number of hydrogen-bond donors (Lipinski definition) is 2. The number of aromatic amines is 1. The van der Waals surface area contributed by atoms with Crippen molar-refractivity contribution in [1.29, 1.82) is 0 Å². The number of thiazole rings is 1. The molecule has 2 aliphatic rings. The van der Waals surface area contributed by atoms with Crippen LogP contribution in [0.5, 0.6) is 5.75 Å². The Balaban J connectivity index is 1.13. The molecule has 1 atom stereocenters. The fourth-order valence-electron chi connectivity index (χ4n) is 4.88. The summed E-state index contributed by atoms with van der Waals surface area (Å²) in [6.45, 7) is 3.96. The Labute approximate surface area is 202 Å². The summed E-state index contributed by atoms with van der Waals surface area (Å²) in [6, 6.07) is 4.48. The normalized spacial score (nSPS) is 19.0. The second-order valence-electron chi connectivity index (χ2n) is 9.41. The number of aromatic nitrogens is 6. The molecule has 1 aliphatic carbocycles. The number of fused-ring (bicyclic) bond motifs is 1. The van der Waals surface area contributed by atoms with Crippen LogP contribution in [0.3, 0.4) is 0 Å². The lowest BCUT2D eigenvalue weighted by Crippen LogP contribution is -2.47. The predicted octanol–water partition coefficient (Wildman–Crippen LogP) is 3.69. The van der Waals surface area contributed by atoms with E-state index in [1.807, 2.05) is 35.4 Å². The minimum Gasteiger partial charge on any atom is -0.497 e. The molecule has 1 aromatic carbocycles. The predicted molar refractivity (Wildman–Crippen MR) is 133 cm³/mol. The van der Waals surface area contributed by atoms with Crippen molar-refractivity contribution in [2.24, 2.45) is 5.92 Å². The molecular weight excluding hydrogens is 448 g/mol. The third kappa shape index (κ3) is 4.39. The van der Waals surface area contributed by atoms with Crippen molar-refractivity contribution in [2.75, 3.05) is 31.6 Å². The Bertz CT molecular complexity index is 1260. The molecule has 4 aromatic rings. The third-order valence-corrected chi connectivity index (χ3v) is 8.10. The summed E-state index contributed by atoms with van der Waals surface area (Å²) in [5, 5.41) is 21.9. The van der Waals surface area contributed by atoms with Gasteiger partial charge >= 0.3 is 0 Å². The number of rotatable bonds is 8. The molecule has 3 aromatic heterocycles. The van der Waals surface area contributed by atoms with E-state index in [1.54, 1.807) is 18.4 Å². The van der Waals surface area contributed by atoms with Crippen LogP contribution in [0.25, 0.3) is 22.2 Å². The summed E-state index contributed by atoms with van der Waals surface area (Å²) in [7, 11) is 1.66. The zero-order valence-electron chi connectivity index (χ0n) is 19.4. The van der Waals surface area contributed by atoms with Crippen LogP contribution in [0.15, 0.2) is 30.7 Å². The lowest BCUT2D eigenvalue weighted by Gasteiger charge is -2.35. The van der Waals surface area contributed by atoms with E-state index in [0.717, 1.165) is 52.0 Å². The average molecular weight is 479 g/mol. The fraction of sp³-hybridized carbons (Fsp3) is 0.500. The maximum Gasteiger partial charge on any atom is 0.185 e. The first-order valence-electron chi connectivity index (χ1n) is 12.1. The molecule has 1 aliphatic heterocycles. The number of anilines is 1. The molecule has 0 spiro atoms. The molecule has 1 unspecified atom stereocenters. The van der Waals surface area contributed by atoms with Crippen molar-refractivity contribution < 1.29 is 4.74 Å². The second kappa shape index (κ2) is 9.34. The summed E-state index contributed by atoms with van der Waals surface area (Å²) < 4.78 is 7.31. The van der Waals surface area contributed by atoms with Crippen molar-refractivity contribution >= 4 is 27.4 Å². The van der Waals surface area contributed by atoms with E-state index in [9.17, 15) is 0 Å². The summed E-state index contributed by atoms with van der Waals surface area (Å²) in [6.07, 6.45) is 12.4. The van der Waals surface area contributed by atoms with E-state index in [-0.39, 0.29) is 0 Å². The van der Waals surface area contributed by atoms with Crippen LogP contribution in [0.2, 0.25) is 0 Å². The van der Waals surface area contributed by atoms with Gasteiger partial charge in [0, 0.05) is 47.2 Å². The van der Waals surface area contributed by atoms with Gasteiger partial charge < -0.3 is 15.0 Å². The molecule has 2 fully saturated rings. The number of methoxy groups -OCH3 is 1. The monoisotopic (exact) mass is 478 g/mol. The van der Waals surface area contributed by atoms with E-state index in [0.29, 0.717) is 12.6 Å². The minimum absolute atomic E-state index is 0.571. The zero-order valence-corrected chi connectivity index (χ0v) is 20.2. The molecule has 1 saturated carbocycles. The standard InChI is InChI=1S/C24H30N8OS/c1-33-18-8-20(21-12-27-28-22(21)9-18)23-15-32(30-29-23)14-19-11-26-24(34-19)31-7-3-6-17(13-31)25-10-16-4-2-5-16/h8-9,11-12,15-17,25H,2-7,10,13-14H2,1H3,(H,27,28). The molecular formula is C24H30N8OS. The van der Waals surface area contributed by atoms with E-state index < -0.39 is 0 Å². The summed E-state index contributed by atoms with van der Waals surface area (Å²) in [5.74, 6) is 1.66. The maximum atomic E-state index is 5.44. The van der Waals surface area contributed by atoms with Crippen molar-refractivity contribution in [3.63, 3.8) is 0 Å². The number of hydrogen-bond acceptors (Lipinski definition) is 8. The van der Waals surface area contributed by atoms with Gasteiger partial charge in [-0.2, -0.15) is 5.10 Å². The van der Waals surface area contributed by atoms with Crippen LogP contribution in [0.1, 0.15) is 37.0 Å².